The number of hydrogen-bond donors (Lipinski definition) is 0. The molecule has 0 aromatic rings. The van der Waals surface area contributed by atoms with Crippen LogP contribution in [-0.2, 0) is 0 Å². The van der Waals surface area contributed by atoms with Crippen LogP contribution in [0.25, 0.3) is 0 Å². The highest BCUT2D eigenvalue weighted by atomic mass is 13.7. The van der Waals surface area contributed by atoms with E-state index >= 15 is 0 Å². The zero-order chi connectivity index (χ0) is 7.11. The fourth-order valence-corrected chi connectivity index (χ4v) is 0.434. The van der Waals surface area contributed by atoms with Gasteiger partial charge in [-0.2, -0.15) is 0 Å². The Balaban J connectivity index is 3.47. The van der Waals surface area contributed by atoms with E-state index in [0.29, 0.717) is 0 Å². The molecule has 50 valence electrons. The van der Waals surface area contributed by atoms with Crippen LogP contribution in [0.5, 0.6) is 0 Å². The van der Waals surface area contributed by atoms with Gasteiger partial charge >= 0.3 is 0 Å². The predicted molar refractivity (Wildman–Crippen MR) is 43.4 cm³/mol. The van der Waals surface area contributed by atoms with Crippen molar-refractivity contribution < 1.29 is 0 Å². The Labute approximate surface area is 57.6 Å². The second kappa shape index (κ2) is 5.36. The van der Waals surface area contributed by atoms with E-state index in [1.807, 2.05) is 25.2 Å². The van der Waals surface area contributed by atoms with Crippen LogP contribution in [0.15, 0.2) is 36.5 Å². The molecule has 0 unspecified atom stereocenters. The Bertz CT molecular complexity index is 127. The first-order valence-corrected chi connectivity index (χ1v) is 3.26. The molecular weight excluding hydrogens is 108 g/mol. The molecule has 0 aliphatic heterocycles. The standard InChI is InChI=1S/C9H14/c1-4-5-6-7-8-9(2)3/h5-8H,2,4H2,1,3H3. The lowest BCUT2D eigenvalue weighted by molar-refractivity contribution is 1.22. The average Bonchev–Trinajstić information content (AvgIpc) is 1.80. The third kappa shape index (κ3) is 7.22. The minimum atomic E-state index is 1.09. The summed E-state index contributed by atoms with van der Waals surface area (Å²) in [6.07, 6.45) is 9.24. The molecule has 0 spiro atoms. The molecular formula is C9H14. The van der Waals surface area contributed by atoms with Crippen LogP contribution in [-0.4, -0.2) is 0 Å². The largest absolute Gasteiger partial charge is 0.0961 e. The smallest absolute Gasteiger partial charge is 0.0376 e. The van der Waals surface area contributed by atoms with Crippen LogP contribution >= 0.6 is 0 Å². The molecule has 0 bridgehead atoms. The molecule has 0 fully saturated rings. The summed E-state index contributed by atoms with van der Waals surface area (Å²) in [6, 6.07) is 0. The summed E-state index contributed by atoms with van der Waals surface area (Å²) in [7, 11) is 0. The average molecular weight is 122 g/mol. The molecule has 0 heteroatoms. The summed E-state index contributed by atoms with van der Waals surface area (Å²) < 4.78 is 0. The van der Waals surface area contributed by atoms with E-state index in [-0.39, 0.29) is 0 Å². The molecule has 9 heavy (non-hydrogen) atoms. The molecule has 0 atom stereocenters. The molecule has 0 aromatic carbocycles. The molecule has 0 saturated heterocycles. The highest BCUT2D eigenvalue weighted by Crippen LogP contribution is 1.89. The maximum Gasteiger partial charge on any atom is -0.0376 e. The van der Waals surface area contributed by atoms with E-state index in [1.165, 1.54) is 0 Å². The summed E-state index contributed by atoms with van der Waals surface area (Å²) in [5.41, 5.74) is 1.09. The lowest BCUT2D eigenvalue weighted by Gasteiger charge is -1.79. The van der Waals surface area contributed by atoms with Crippen LogP contribution in [0.3, 0.4) is 0 Å². The van der Waals surface area contributed by atoms with Gasteiger partial charge in [0.1, 0.15) is 0 Å². The van der Waals surface area contributed by atoms with Gasteiger partial charge in [-0.1, -0.05) is 43.4 Å². The van der Waals surface area contributed by atoms with Gasteiger partial charge in [0.15, 0.2) is 0 Å². The summed E-state index contributed by atoms with van der Waals surface area (Å²) in [4.78, 5) is 0. The molecule has 0 aliphatic carbocycles. The van der Waals surface area contributed by atoms with Crippen molar-refractivity contribution in [1.29, 1.82) is 0 Å². The highest BCUT2D eigenvalue weighted by molar-refractivity contribution is 5.16. The highest BCUT2D eigenvalue weighted by Gasteiger charge is 1.68. The van der Waals surface area contributed by atoms with Crippen molar-refractivity contribution in [3.63, 3.8) is 0 Å². The van der Waals surface area contributed by atoms with Gasteiger partial charge in [-0.3, -0.25) is 0 Å². The molecule has 0 saturated carbocycles. The Morgan fingerprint density at radius 3 is 2.56 bits per heavy atom. The summed E-state index contributed by atoms with van der Waals surface area (Å²) in [5.74, 6) is 0. The zero-order valence-electron chi connectivity index (χ0n) is 6.22. The normalized spacial score (nSPS) is 11.3. The van der Waals surface area contributed by atoms with Crippen molar-refractivity contribution in [3.05, 3.63) is 36.5 Å². The Hall–Kier alpha value is -0.780. The van der Waals surface area contributed by atoms with Crippen LogP contribution < -0.4 is 0 Å². The van der Waals surface area contributed by atoms with Crippen LogP contribution in [0, 0.1) is 0 Å². The van der Waals surface area contributed by atoms with E-state index in [0.717, 1.165) is 12.0 Å². The van der Waals surface area contributed by atoms with Gasteiger partial charge in [-0.25, -0.2) is 0 Å². The van der Waals surface area contributed by atoms with Crippen LogP contribution in [0.1, 0.15) is 20.3 Å². The molecule has 0 aromatic heterocycles. The molecule has 0 rings (SSSR count). The minimum Gasteiger partial charge on any atom is -0.0961 e. The molecule has 0 nitrogen and oxygen atoms in total. The van der Waals surface area contributed by atoms with E-state index in [1.54, 1.807) is 0 Å². The summed E-state index contributed by atoms with van der Waals surface area (Å²) in [5, 5.41) is 0. The predicted octanol–water partition coefficient (Wildman–Crippen LogP) is 3.08. The lowest BCUT2D eigenvalue weighted by Crippen LogP contribution is -1.58. The van der Waals surface area contributed by atoms with E-state index in [9.17, 15) is 0 Å². The van der Waals surface area contributed by atoms with E-state index in [2.05, 4.69) is 19.6 Å². The van der Waals surface area contributed by atoms with Gasteiger partial charge in [-0.05, 0) is 13.3 Å². The Morgan fingerprint density at radius 2 is 2.11 bits per heavy atom. The second-order valence-electron chi connectivity index (χ2n) is 2.04. The maximum absolute atomic E-state index is 3.73. The van der Waals surface area contributed by atoms with Crippen LogP contribution in [0.4, 0.5) is 0 Å². The Kier molecular flexibility index (Phi) is 4.89. The number of hydrogen-bond acceptors (Lipinski definition) is 0. The first kappa shape index (κ1) is 8.22. The van der Waals surface area contributed by atoms with E-state index in [4.69, 9.17) is 0 Å². The molecule has 0 heterocycles. The SMILES string of the molecule is C=C(C)C=CC=CCC. The maximum atomic E-state index is 3.73. The molecule has 0 N–H and O–H groups in total. The van der Waals surface area contributed by atoms with Gasteiger partial charge in [0.05, 0.1) is 0 Å². The summed E-state index contributed by atoms with van der Waals surface area (Å²) >= 11 is 0. The third-order valence-electron chi connectivity index (χ3n) is 0.864. The van der Waals surface area contributed by atoms with Gasteiger partial charge in [-0.15, -0.1) is 0 Å². The quantitative estimate of drug-likeness (QED) is 0.504. The van der Waals surface area contributed by atoms with Gasteiger partial charge in [0.25, 0.3) is 0 Å². The van der Waals surface area contributed by atoms with Gasteiger partial charge < -0.3 is 0 Å². The molecule has 0 aliphatic rings. The molecule has 0 radical (unpaired) electrons. The zero-order valence-corrected chi connectivity index (χ0v) is 6.22. The summed E-state index contributed by atoms with van der Waals surface area (Å²) in [6.45, 7) is 7.83. The first-order valence-electron chi connectivity index (χ1n) is 3.26. The second-order valence-corrected chi connectivity index (χ2v) is 2.04. The van der Waals surface area contributed by atoms with Gasteiger partial charge in [0.2, 0.25) is 0 Å². The fourth-order valence-electron chi connectivity index (χ4n) is 0.434. The van der Waals surface area contributed by atoms with Crippen molar-refractivity contribution in [3.8, 4) is 0 Å². The van der Waals surface area contributed by atoms with Crippen molar-refractivity contribution in [2.75, 3.05) is 0 Å². The topological polar surface area (TPSA) is 0 Å². The first-order chi connectivity index (χ1) is 4.27. The van der Waals surface area contributed by atoms with Crippen molar-refractivity contribution in [2.24, 2.45) is 0 Å². The number of allylic oxidation sites excluding steroid dienone is 5. The van der Waals surface area contributed by atoms with Crippen molar-refractivity contribution in [2.45, 2.75) is 20.3 Å². The monoisotopic (exact) mass is 122 g/mol. The van der Waals surface area contributed by atoms with E-state index < -0.39 is 0 Å². The Morgan fingerprint density at radius 1 is 1.44 bits per heavy atom. The minimum absolute atomic E-state index is 1.09. The van der Waals surface area contributed by atoms with Crippen LogP contribution in [0.2, 0.25) is 0 Å². The number of rotatable bonds is 3. The van der Waals surface area contributed by atoms with Crippen molar-refractivity contribution in [1.82, 2.24) is 0 Å². The van der Waals surface area contributed by atoms with Gasteiger partial charge in [0, 0.05) is 0 Å². The lowest BCUT2D eigenvalue weighted by atomic mass is 10.3. The van der Waals surface area contributed by atoms with Crippen molar-refractivity contribution >= 4 is 0 Å². The molecule has 0 amide bonds. The fraction of sp³-hybridized carbons (Fsp3) is 0.333. The third-order valence-corrected chi connectivity index (χ3v) is 0.864.